The van der Waals surface area contributed by atoms with Gasteiger partial charge >= 0.3 is 0 Å². The maximum atomic E-state index is 6.57. The standard InChI is InChI=1S/C24H17ClN4O/c25-17-12-10-16(11-13-17)23-20-21(18-8-4-5-9-19(18)30-23)28-24-26-14-27-29(24)22(20)15-6-2-1-3-7-15/h1-14,22-23H,(H,26,27,28)/t22-,23+/m0/s1. The number of para-hydroxylation sites is 1. The summed E-state index contributed by atoms with van der Waals surface area (Å²) < 4.78 is 8.49. The summed E-state index contributed by atoms with van der Waals surface area (Å²) in [5.41, 5.74) is 5.30. The third kappa shape index (κ3) is 2.63. The van der Waals surface area contributed by atoms with Crippen molar-refractivity contribution in [2.24, 2.45) is 0 Å². The van der Waals surface area contributed by atoms with E-state index in [1.807, 2.05) is 65.3 Å². The lowest BCUT2D eigenvalue weighted by Crippen LogP contribution is -2.32. The van der Waals surface area contributed by atoms with Gasteiger partial charge in [0.2, 0.25) is 5.95 Å². The van der Waals surface area contributed by atoms with Crippen LogP contribution in [0, 0.1) is 0 Å². The van der Waals surface area contributed by atoms with Crippen molar-refractivity contribution in [2.45, 2.75) is 12.1 Å². The Morgan fingerprint density at radius 2 is 1.63 bits per heavy atom. The molecule has 4 aromatic rings. The molecule has 0 aliphatic carbocycles. The molecule has 6 heteroatoms. The molecule has 6 rings (SSSR count). The number of aromatic nitrogens is 3. The molecule has 0 radical (unpaired) electrons. The first-order valence-corrected chi connectivity index (χ1v) is 10.1. The fourth-order valence-corrected chi connectivity index (χ4v) is 4.41. The van der Waals surface area contributed by atoms with E-state index in [2.05, 4.69) is 33.6 Å². The fraction of sp³-hybridized carbons (Fsp3) is 0.0833. The van der Waals surface area contributed by atoms with Gasteiger partial charge in [-0.1, -0.05) is 66.2 Å². The molecule has 0 unspecified atom stereocenters. The molecule has 0 saturated carbocycles. The molecule has 0 spiro atoms. The third-order valence-corrected chi connectivity index (χ3v) is 5.86. The summed E-state index contributed by atoms with van der Waals surface area (Å²) in [5, 5.41) is 8.74. The topological polar surface area (TPSA) is 52.0 Å². The fourth-order valence-electron chi connectivity index (χ4n) is 4.29. The summed E-state index contributed by atoms with van der Waals surface area (Å²) >= 11 is 6.16. The predicted molar refractivity (Wildman–Crippen MR) is 116 cm³/mol. The van der Waals surface area contributed by atoms with Crippen LogP contribution in [0.3, 0.4) is 0 Å². The molecule has 2 aliphatic heterocycles. The van der Waals surface area contributed by atoms with Crippen molar-refractivity contribution in [1.29, 1.82) is 0 Å². The van der Waals surface area contributed by atoms with Crippen molar-refractivity contribution in [3.63, 3.8) is 0 Å². The van der Waals surface area contributed by atoms with Gasteiger partial charge in [-0.25, -0.2) is 4.68 Å². The van der Waals surface area contributed by atoms with Crippen molar-refractivity contribution >= 4 is 23.2 Å². The van der Waals surface area contributed by atoms with Crippen LogP contribution in [0.1, 0.15) is 28.8 Å². The van der Waals surface area contributed by atoms with Gasteiger partial charge in [0, 0.05) is 16.2 Å². The Morgan fingerprint density at radius 3 is 2.47 bits per heavy atom. The lowest BCUT2D eigenvalue weighted by molar-refractivity contribution is 0.223. The van der Waals surface area contributed by atoms with E-state index in [1.165, 1.54) is 0 Å². The Morgan fingerprint density at radius 1 is 0.867 bits per heavy atom. The average Bonchev–Trinajstić information content (AvgIpc) is 3.26. The largest absolute Gasteiger partial charge is 0.480 e. The second-order valence-corrected chi connectivity index (χ2v) is 7.78. The first-order chi connectivity index (χ1) is 14.8. The van der Waals surface area contributed by atoms with Crippen molar-refractivity contribution in [3.05, 3.63) is 112 Å². The molecule has 3 aromatic carbocycles. The smallest absolute Gasteiger partial charge is 0.226 e. The molecule has 3 heterocycles. The molecule has 146 valence electrons. The van der Waals surface area contributed by atoms with Gasteiger partial charge in [-0.2, -0.15) is 10.1 Å². The Bertz CT molecular complexity index is 1260. The summed E-state index contributed by atoms with van der Waals surface area (Å²) in [4.78, 5) is 4.45. The zero-order valence-corrected chi connectivity index (χ0v) is 16.6. The minimum absolute atomic E-state index is 0.144. The first-order valence-electron chi connectivity index (χ1n) is 9.76. The van der Waals surface area contributed by atoms with Crippen LogP contribution in [0.25, 0.3) is 5.70 Å². The summed E-state index contributed by atoms with van der Waals surface area (Å²) in [5.74, 6) is 1.55. The molecule has 1 N–H and O–H groups in total. The predicted octanol–water partition coefficient (Wildman–Crippen LogP) is 5.49. The summed E-state index contributed by atoms with van der Waals surface area (Å²) in [6.45, 7) is 0. The van der Waals surface area contributed by atoms with Crippen molar-refractivity contribution in [1.82, 2.24) is 14.8 Å². The second kappa shape index (κ2) is 6.75. The van der Waals surface area contributed by atoms with Gasteiger partial charge in [0.15, 0.2) is 0 Å². The molecule has 0 saturated heterocycles. The van der Waals surface area contributed by atoms with E-state index in [0.29, 0.717) is 11.0 Å². The summed E-state index contributed by atoms with van der Waals surface area (Å²) in [6, 6.07) is 26.1. The molecule has 1 aromatic heterocycles. The van der Waals surface area contributed by atoms with Crippen LogP contribution in [0.5, 0.6) is 5.75 Å². The quantitative estimate of drug-likeness (QED) is 0.473. The van der Waals surface area contributed by atoms with Crippen LogP contribution >= 0.6 is 11.6 Å². The SMILES string of the molecule is Clc1ccc([C@H]2Oc3ccccc3C3=C2[C@H](c2ccccc2)n2ncnc2N3)cc1. The molecule has 0 amide bonds. The Balaban J connectivity index is 1.63. The zero-order valence-electron chi connectivity index (χ0n) is 15.9. The number of hydrogen-bond donors (Lipinski definition) is 1. The molecule has 5 nitrogen and oxygen atoms in total. The highest BCUT2D eigenvalue weighted by atomic mass is 35.5. The number of rotatable bonds is 2. The van der Waals surface area contributed by atoms with E-state index in [0.717, 1.165) is 33.7 Å². The first kappa shape index (κ1) is 17.3. The molecule has 2 atom stereocenters. The monoisotopic (exact) mass is 412 g/mol. The van der Waals surface area contributed by atoms with Gasteiger partial charge in [-0.15, -0.1) is 0 Å². The van der Waals surface area contributed by atoms with Crippen LogP contribution in [0.4, 0.5) is 5.95 Å². The number of nitrogens with one attached hydrogen (secondary N) is 1. The number of benzene rings is 3. The van der Waals surface area contributed by atoms with Gasteiger partial charge in [-0.05, 0) is 35.4 Å². The van der Waals surface area contributed by atoms with Gasteiger partial charge in [0.05, 0.1) is 5.70 Å². The number of hydrogen-bond acceptors (Lipinski definition) is 4. The summed E-state index contributed by atoms with van der Waals surface area (Å²) in [7, 11) is 0. The van der Waals surface area contributed by atoms with Crippen molar-refractivity contribution < 1.29 is 4.74 Å². The highest BCUT2D eigenvalue weighted by Gasteiger charge is 2.40. The highest BCUT2D eigenvalue weighted by Crippen LogP contribution is 2.50. The normalized spacial score (nSPS) is 19.2. The number of ether oxygens (including phenoxy) is 1. The molecular weight excluding hydrogens is 396 g/mol. The van der Waals surface area contributed by atoms with Crippen LogP contribution < -0.4 is 10.1 Å². The Labute approximate surface area is 178 Å². The van der Waals surface area contributed by atoms with Gasteiger partial charge < -0.3 is 10.1 Å². The molecule has 0 bridgehead atoms. The van der Waals surface area contributed by atoms with E-state index in [4.69, 9.17) is 16.3 Å². The van der Waals surface area contributed by atoms with E-state index in [1.54, 1.807) is 6.33 Å². The lowest BCUT2D eigenvalue weighted by Gasteiger charge is -2.39. The number of nitrogens with zero attached hydrogens (tertiary/aromatic N) is 3. The Kier molecular flexibility index (Phi) is 3.89. The Hall–Kier alpha value is -3.57. The highest BCUT2D eigenvalue weighted by molar-refractivity contribution is 6.30. The average molecular weight is 413 g/mol. The third-order valence-electron chi connectivity index (χ3n) is 5.61. The maximum Gasteiger partial charge on any atom is 0.226 e. The zero-order chi connectivity index (χ0) is 20.1. The van der Waals surface area contributed by atoms with Gasteiger partial charge in [0.25, 0.3) is 0 Å². The molecular formula is C24H17ClN4O. The van der Waals surface area contributed by atoms with E-state index in [9.17, 15) is 0 Å². The van der Waals surface area contributed by atoms with Crippen LogP contribution in [0.15, 0.2) is 90.8 Å². The van der Waals surface area contributed by atoms with Crippen LogP contribution in [-0.2, 0) is 0 Å². The summed E-state index contributed by atoms with van der Waals surface area (Å²) in [6.07, 6.45) is 1.29. The number of fused-ring (bicyclic) bond motifs is 3. The van der Waals surface area contributed by atoms with Gasteiger partial charge in [0.1, 0.15) is 24.2 Å². The second-order valence-electron chi connectivity index (χ2n) is 7.34. The van der Waals surface area contributed by atoms with Gasteiger partial charge in [-0.3, -0.25) is 0 Å². The minimum Gasteiger partial charge on any atom is -0.480 e. The van der Waals surface area contributed by atoms with Crippen molar-refractivity contribution in [2.75, 3.05) is 5.32 Å². The lowest BCUT2D eigenvalue weighted by atomic mass is 9.84. The van der Waals surface area contributed by atoms with E-state index < -0.39 is 0 Å². The molecule has 2 aliphatic rings. The molecule has 0 fully saturated rings. The van der Waals surface area contributed by atoms with E-state index >= 15 is 0 Å². The van der Waals surface area contributed by atoms with Crippen LogP contribution in [-0.4, -0.2) is 14.8 Å². The van der Waals surface area contributed by atoms with Crippen molar-refractivity contribution in [3.8, 4) is 5.75 Å². The molecule has 30 heavy (non-hydrogen) atoms. The number of halogens is 1. The number of anilines is 1. The van der Waals surface area contributed by atoms with E-state index in [-0.39, 0.29) is 12.1 Å². The maximum absolute atomic E-state index is 6.57. The van der Waals surface area contributed by atoms with Crippen LogP contribution in [0.2, 0.25) is 5.02 Å². The minimum atomic E-state index is -0.290.